The molecule has 0 atom stereocenters. The van der Waals surface area contributed by atoms with E-state index in [2.05, 4.69) is 25.8 Å². The topological polar surface area (TPSA) is 9.23 Å². The van der Waals surface area contributed by atoms with Gasteiger partial charge in [-0.1, -0.05) is 0 Å². The number of benzene rings is 1. The van der Waals surface area contributed by atoms with Gasteiger partial charge >= 0.3 is 81.2 Å². The summed E-state index contributed by atoms with van der Waals surface area (Å²) < 4.78 is 5.11. The molecule has 1 nitrogen and oxygen atoms in total. The Morgan fingerprint density at radius 3 is 3.00 bits per heavy atom. The first-order valence-electron chi connectivity index (χ1n) is 3.55. The molecule has 0 aliphatic carbocycles. The van der Waals surface area contributed by atoms with Crippen LogP contribution in [-0.4, -0.2) is 7.11 Å². The van der Waals surface area contributed by atoms with Crippen molar-refractivity contribution in [3.8, 4) is 5.75 Å². The first-order valence-corrected chi connectivity index (χ1v) is 12.6. The maximum absolute atomic E-state index is 5.11. The van der Waals surface area contributed by atoms with Gasteiger partial charge in [0.2, 0.25) is 0 Å². The molecule has 0 radical (unpaired) electrons. The van der Waals surface area contributed by atoms with Crippen LogP contribution in [0.1, 0.15) is 5.56 Å². The third-order valence-electron chi connectivity index (χ3n) is 1.52. The van der Waals surface area contributed by atoms with Gasteiger partial charge in [-0.3, -0.25) is 0 Å². The quantitative estimate of drug-likeness (QED) is 0.764. The van der Waals surface area contributed by atoms with Crippen molar-refractivity contribution in [1.82, 2.24) is 0 Å². The third-order valence-corrected chi connectivity index (χ3v) is 5.19. The summed E-state index contributed by atoms with van der Waals surface area (Å²) in [7, 11) is 1.70. The van der Waals surface area contributed by atoms with Crippen LogP contribution in [0.15, 0.2) is 24.3 Å². The van der Waals surface area contributed by atoms with Crippen molar-refractivity contribution in [2.75, 3.05) is 7.11 Å². The number of hydrogen-bond acceptors (Lipinski definition) is 1. The van der Waals surface area contributed by atoms with E-state index in [0.717, 1.165) is 5.75 Å². The molecule has 3 heteroatoms. The molecule has 0 aromatic heterocycles. The van der Waals surface area contributed by atoms with Crippen LogP contribution in [0.2, 0.25) is 0 Å². The van der Waals surface area contributed by atoms with Crippen molar-refractivity contribution in [1.29, 1.82) is 0 Å². The van der Waals surface area contributed by atoms with Crippen molar-refractivity contribution >= 4 is 13.6 Å². The molecule has 1 aromatic rings. The van der Waals surface area contributed by atoms with Crippen molar-refractivity contribution in [3.63, 3.8) is 0 Å². The van der Waals surface area contributed by atoms with Crippen molar-refractivity contribution in [2.24, 2.45) is 0 Å². The fraction of sp³-hybridized carbons (Fsp3) is 0.250. The molecule has 0 fully saturated rings. The molecule has 11 heavy (non-hydrogen) atoms. The van der Waals surface area contributed by atoms with Gasteiger partial charge in [0.1, 0.15) is 0 Å². The van der Waals surface area contributed by atoms with Crippen molar-refractivity contribution < 1.29 is 19.9 Å². The normalized spacial score (nSPS) is 8.91. The molecule has 0 bridgehead atoms. The zero-order chi connectivity index (χ0) is 8.10. The minimum atomic E-state index is -0.419. The molecule has 0 saturated heterocycles. The van der Waals surface area contributed by atoms with Crippen LogP contribution in [0, 0.1) is 0 Å². The average Bonchev–Trinajstić information content (AvgIpc) is 2.06. The Morgan fingerprint density at radius 1 is 1.55 bits per heavy atom. The zero-order valence-corrected chi connectivity index (χ0v) is 11.1. The van der Waals surface area contributed by atoms with Gasteiger partial charge in [-0.15, -0.1) is 0 Å². The minimum absolute atomic E-state index is 0.419. The Balaban J connectivity index is 2.74. The van der Waals surface area contributed by atoms with Gasteiger partial charge in [0.05, 0.1) is 0 Å². The maximum atomic E-state index is 5.11. The molecular formula is C8H9BrOZn. The zero-order valence-electron chi connectivity index (χ0n) is 6.51. The second kappa shape index (κ2) is 4.89. The summed E-state index contributed by atoms with van der Waals surface area (Å²) in [4.78, 5) is 0. The fourth-order valence-electron chi connectivity index (χ4n) is 0.937. The number of hydrogen-bond donors (Lipinski definition) is 0. The van der Waals surface area contributed by atoms with Crippen molar-refractivity contribution in [3.05, 3.63) is 29.8 Å². The van der Waals surface area contributed by atoms with E-state index in [1.165, 1.54) is 10.6 Å². The molecule has 0 amide bonds. The summed E-state index contributed by atoms with van der Waals surface area (Å²) in [6, 6.07) is 8.27. The second-order valence-corrected chi connectivity index (χ2v) is 8.25. The van der Waals surface area contributed by atoms with E-state index >= 15 is 0 Å². The van der Waals surface area contributed by atoms with Crippen LogP contribution < -0.4 is 4.74 Å². The van der Waals surface area contributed by atoms with E-state index in [9.17, 15) is 0 Å². The SMILES string of the molecule is COc1cccc([CH2][Zn][Br])c1. The molecule has 1 rings (SSSR count). The fourth-order valence-corrected chi connectivity index (χ4v) is 4.43. The van der Waals surface area contributed by atoms with Gasteiger partial charge in [-0.25, -0.2) is 0 Å². The Bertz CT molecular complexity index is 227. The number of rotatable bonds is 3. The van der Waals surface area contributed by atoms with Crippen molar-refractivity contribution in [2.45, 2.75) is 5.02 Å². The first-order chi connectivity index (χ1) is 5.36. The van der Waals surface area contributed by atoms with Crippen LogP contribution >= 0.6 is 13.6 Å². The Morgan fingerprint density at radius 2 is 2.36 bits per heavy atom. The van der Waals surface area contributed by atoms with E-state index in [0.29, 0.717) is 0 Å². The van der Waals surface area contributed by atoms with Gasteiger partial charge < -0.3 is 0 Å². The summed E-state index contributed by atoms with van der Waals surface area (Å²) in [5, 5.41) is 1.24. The Kier molecular flexibility index (Phi) is 4.10. The van der Waals surface area contributed by atoms with E-state index in [-0.39, 0.29) is 0 Å². The first kappa shape index (κ1) is 9.21. The Hall–Kier alpha value is 0.123. The van der Waals surface area contributed by atoms with Crippen LogP contribution in [0.4, 0.5) is 0 Å². The van der Waals surface area contributed by atoms with Gasteiger partial charge in [-0.05, 0) is 0 Å². The van der Waals surface area contributed by atoms with Gasteiger partial charge in [0.25, 0.3) is 0 Å². The van der Waals surface area contributed by atoms with E-state index in [1.54, 1.807) is 7.11 Å². The number of ether oxygens (including phenoxy) is 1. The van der Waals surface area contributed by atoms with Crippen LogP contribution in [-0.2, 0) is 20.2 Å². The predicted octanol–water partition coefficient (Wildman–Crippen LogP) is 2.59. The second-order valence-electron chi connectivity index (χ2n) is 2.29. The number of methoxy groups -OCH3 is 1. The third kappa shape index (κ3) is 2.92. The molecule has 56 valence electrons. The summed E-state index contributed by atoms with van der Waals surface area (Å²) >= 11 is 3.16. The molecule has 0 spiro atoms. The van der Waals surface area contributed by atoms with Gasteiger partial charge in [0.15, 0.2) is 0 Å². The molecule has 0 N–H and O–H groups in total. The van der Waals surface area contributed by atoms with E-state index in [4.69, 9.17) is 4.74 Å². The molecule has 1 aromatic carbocycles. The molecular weight excluding hydrogens is 257 g/mol. The summed E-state index contributed by atoms with van der Waals surface area (Å²) in [5.74, 6) is 0.964. The standard InChI is InChI=1S/C8H9O.BrH.Zn/c1-7-4-3-5-8(6-7)9-2;;/h3-6H,1H2,2H3;1H;/q;;+1/p-1. The van der Waals surface area contributed by atoms with Crippen LogP contribution in [0.5, 0.6) is 5.75 Å². The summed E-state index contributed by atoms with van der Waals surface area (Å²) in [5.41, 5.74) is 1.39. The van der Waals surface area contributed by atoms with Crippen LogP contribution in [0.25, 0.3) is 0 Å². The summed E-state index contributed by atoms with van der Waals surface area (Å²) in [6.07, 6.45) is 0. The van der Waals surface area contributed by atoms with E-state index in [1.807, 2.05) is 12.1 Å². The molecule has 0 saturated carbocycles. The monoisotopic (exact) mass is 264 g/mol. The molecule has 0 aliphatic rings. The van der Waals surface area contributed by atoms with E-state index < -0.39 is 15.2 Å². The van der Waals surface area contributed by atoms with Gasteiger partial charge in [-0.2, -0.15) is 0 Å². The molecule has 0 unspecified atom stereocenters. The molecule has 0 heterocycles. The predicted molar refractivity (Wildman–Crippen MR) is 45.6 cm³/mol. The van der Waals surface area contributed by atoms with Crippen LogP contribution in [0.3, 0.4) is 0 Å². The molecule has 0 aliphatic heterocycles. The average molecular weight is 266 g/mol. The number of halogens is 1. The van der Waals surface area contributed by atoms with Gasteiger partial charge in [0, 0.05) is 0 Å². The summed E-state index contributed by atoms with van der Waals surface area (Å²) in [6.45, 7) is 0. The Labute approximate surface area is 81.1 Å².